The number of carbonyl (C=O) groups excluding carboxylic acids is 1. The highest BCUT2D eigenvalue weighted by molar-refractivity contribution is 5.78. The molecule has 1 aromatic carbocycles. The van der Waals surface area contributed by atoms with Gasteiger partial charge in [-0.05, 0) is 12.1 Å². The summed E-state index contributed by atoms with van der Waals surface area (Å²) in [5.74, 6) is 0.557. The molecule has 1 rings (SSSR count). The van der Waals surface area contributed by atoms with E-state index in [1.165, 1.54) is 4.90 Å². The quantitative estimate of drug-likeness (QED) is 0.596. The van der Waals surface area contributed by atoms with E-state index in [4.69, 9.17) is 15.9 Å². The van der Waals surface area contributed by atoms with E-state index < -0.39 is 6.09 Å². The molecule has 1 aromatic rings. The Bertz CT molecular complexity index is 365. The molecule has 5 heteroatoms. The fraction of sp³-hybridized carbons (Fsp3) is 0.273. The summed E-state index contributed by atoms with van der Waals surface area (Å²) in [5, 5.41) is 7.05. The van der Waals surface area contributed by atoms with Crippen LogP contribution in [0.5, 0.6) is 5.75 Å². The topological polar surface area (TPSA) is 79.4 Å². The Kier molecular flexibility index (Phi) is 4.32. The van der Waals surface area contributed by atoms with Gasteiger partial charge in [-0.3, -0.25) is 5.41 Å². The molecule has 0 heterocycles. The molecule has 0 unspecified atom stereocenters. The molecule has 16 heavy (non-hydrogen) atoms. The van der Waals surface area contributed by atoms with Crippen LogP contribution < -0.4 is 10.5 Å². The van der Waals surface area contributed by atoms with Gasteiger partial charge in [0.1, 0.15) is 5.75 Å². The molecule has 0 atom stereocenters. The number of benzene rings is 1. The first-order valence-corrected chi connectivity index (χ1v) is 4.90. The Hall–Kier alpha value is -2.04. The molecule has 0 aliphatic carbocycles. The van der Waals surface area contributed by atoms with Crippen molar-refractivity contribution in [3.63, 3.8) is 0 Å². The lowest BCUT2D eigenvalue weighted by Crippen LogP contribution is -2.32. The summed E-state index contributed by atoms with van der Waals surface area (Å²) in [6.07, 6.45) is -0.104. The first kappa shape index (κ1) is 12.0. The number of hydrogen-bond donors (Lipinski definition) is 2. The molecule has 1 amide bonds. The van der Waals surface area contributed by atoms with E-state index in [1.54, 1.807) is 31.3 Å². The highest BCUT2D eigenvalue weighted by Crippen LogP contribution is 2.09. The minimum Gasteiger partial charge on any atom is -0.410 e. The molecule has 0 saturated carbocycles. The normalized spacial score (nSPS) is 9.56. The fourth-order valence-corrected chi connectivity index (χ4v) is 1.05. The third kappa shape index (κ3) is 4.00. The van der Waals surface area contributed by atoms with Crippen LogP contribution in [0.25, 0.3) is 0 Å². The molecular formula is C11H15N3O2. The van der Waals surface area contributed by atoms with Crippen molar-refractivity contribution in [1.29, 1.82) is 5.41 Å². The Morgan fingerprint density at radius 2 is 2.06 bits per heavy atom. The predicted octanol–water partition coefficient (Wildman–Crippen LogP) is 1.44. The van der Waals surface area contributed by atoms with E-state index in [0.717, 1.165) is 0 Å². The number of amidine groups is 1. The van der Waals surface area contributed by atoms with Crippen LogP contribution in [0.3, 0.4) is 0 Å². The van der Waals surface area contributed by atoms with Gasteiger partial charge >= 0.3 is 6.09 Å². The average molecular weight is 221 g/mol. The summed E-state index contributed by atoms with van der Waals surface area (Å²) < 4.78 is 5.08. The molecule has 86 valence electrons. The highest BCUT2D eigenvalue weighted by atomic mass is 16.6. The van der Waals surface area contributed by atoms with Gasteiger partial charge in [-0.25, -0.2) is 4.79 Å². The standard InChI is InChI=1S/C11H15N3O2/c1-14(8-7-10(12)13)11(15)16-9-5-3-2-4-6-9/h2-6H,7-8H2,1H3,(H3,12,13). The number of hydrogen-bond acceptors (Lipinski definition) is 3. The number of nitrogens with zero attached hydrogens (tertiary/aromatic N) is 1. The molecule has 0 spiro atoms. The van der Waals surface area contributed by atoms with E-state index in [9.17, 15) is 4.79 Å². The van der Waals surface area contributed by atoms with Crippen molar-refractivity contribution in [3.05, 3.63) is 30.3 Å². The van der Waals surface area contributed by atoms with Crippen molar-refractivity contribution >= 4 is 11.9 Å². The predicted molar refractivity (Wildman–Crippen MR) is 61.6 cm³/mol. The third-order valence-corrected chi connectivity index (χ3v) is 1.98. The van der Waals surface area contributed by atoms with Crippen LogP contribution >= 0.6 is 0 Å². The van der Waals surface area contributed by atoms with Gasteiger partial charge in [-0.1, -0.05) is 18.2 Å². The van der Waals surface area contributed by atoms with Gasteiger partial charge in [0, 0.05) is 20.0 Å². The van der Waals surface area contributed by atoms with E-state index in [1.807, 2.05) is 6.07 Å². The molecule has 0 aliphatic rings. The first-order valence-electron chi connectivity index (χ1n) is 4.90. The summed E-state index contributed by atoms with van der Waals surface area (Å²) in [6.45, 7) is 0.376. The molecule has 0 aliphatic heterocycles. The second-order valence-corrected chi connectivity index (χ2v) is 3.38. The number of para-hydroxylation sites is 1. The SMILES string of the molecule is CN(CCC(=N)N)C(=O)Oc1ccccc1. The zero-order valence-corrected chi connectivity index (χ0v) is 9.14. The van der Waals surface area contributed by atoms with Crippen molar-refractivity contribution in [3.8, 4) is 5.75 Å². The van der Waals surface area contributed by atoms with E-state index in [-0.39, 0.29) is 5.84 Å². The van der Waals surface area contributed by atoms with Crippen LogP contribution in [-0.4, -0.2) is 30.4 Å². The second-order valence-electron chi connectivity index (χ2n) is 3.38. The Morgan fingerprint density at radius 3 is 2.62 bits per heavy atom. The van der Waals surface area contributed by atoms with Crippen molar-refractivity contribution < 1.29 is 9.53 Å². The zero-order chi connectivity index (χ0) is 12.0. The number of ether oxygens (including phenoxy) is 1. The maximum atomic E-state index is 11.5. The average Bonchev–Trinajstić information content (AvgIpc) is 2.27. The van der Waals surface area contributed by atoms with Gasteiger partial charge in [0.15, 0.2) is 0 Å². The molecule has 0 bridgehead atoms. The minimum atomic E-state index is -0.451. The van der Waals surface area contributed by atoms with Crippen molar-refractivity contribution in [2.45, 2.75) is 6.42 Å². The Labute approximate surface area is 94.3 Å². The molecule has 5 nitrogen and oxygen atoms in total. The molecular weight excluding hydrogens is 206 g/mol. The van der Waals surface area contributed by atoms with Crippen LogP contribution in [-0.2, 0) is 0 Å². The van der Waals surface area contributed by atoms with Crippen LogP contribution in [0.2, 0.25) is 0 Å². The lowest BCUT2D eigenvalue weighted by Gasteiger charge is -2.16. The Balaban J connectivity index is 2.43. The number of carbonyl (C=O) groups is 1. The highest BCUT2D eigenvalue weighted by Gasteiger charge is 2.10. The molecule has 0 radical (unpaired) electrons. The van der Waals surface area contributed by atoms with Crippen molar-refractivity contribution in [2.75, 3.05) is 13.6 Å². The van der Waals surface area contributed by atoms with Gasteiger partial charge < -0.3 is 15.4 Å². The zero-order valence-electron chi connectivity index (χ0n) is 9.14. The Morgan fingerprint density at radius 1 is 1.44 bits per heavy atom. The largest absolute Gasteiger partial charge is 0.414 e. The lowest BCUT2D eigenvalue weighted by atomic mass is 10.3. The van der Waals surface area contributed by atoms with Crippen molar-refractivity contribution in [2.24, 2.45) is 5.73 Å². The summed E-state index contributed by atoms with van der Waals surface area (Å²) in [6, 6.07) is 8.83. The third-order valence-electron chi connectivity index (χ3n) is 1.98. The second kappa shape index (κ2) is 5.75. The van der Waals surface area contributed by atoms with Gasteiger partial charge in [0.2, 0.25) is 0 Å². The van der Waals surface area contributed by atoms with Crippen LogP contribution in [0.15, 0.2) is 30.3 Å². The van der Waals surface area contributed by atoms with Crippen LogP contribution in [0.4, 0.5) is 4.79 Å². The molecule has 3 N–H and O–H groups in total. The molecule has 0 aromatic heterocycles. The summed E-state index contributed by atoms with van der Waals surface area (Å²) in [5.41, 5.74) is 5.20. The number of nitrogens with two attached hydrogens (primary N) is 1. The smallest absolute Gasteiger partial charge is 0.410 e. The van der Waals surface area contributed by atoms with Crippen LogP contribution in [0.1, 0.15) is 6.42 Å². The van der Waals surface area contributed by atoms with Gasteiger partial charge in [-0.15, -0.1) is 0 Å². The monoisotopic (exact) mass is 221 g/mol. The maximum absolute atomic E-state index is 11.5. The number of amides is 1. The van der Waals surface area contributed by atoms with E-state index in [2.05, 4.69) is 0 Å². The number of rotatable bonds is 4. The summed E-state index contributed by atoms with van der Waals surface area (Å²) in [7, 11) is 1.61. The summed E-state index contributed by atoms with van der Waals surface area (Å²) in [4.78, 5) is 12.9. The molecule has 0 fully saturated rings. The lowest BCUT2D eigenvalue weighted by molar-refractivity contribution is 0.164. The summed E-state index contributed by atoms with van der Waals surface area (Å²) >= 11 is 0. The van der Waals surface area contributed by atoms with Gasteiger partial charge in [0.05, 0.1) is 5.84 Å². The van der Waals surface area contributed by atoms with Crippen molar-refractivity contribution in [1.82, 2.24) is 4.90 Å². The van der Waals surface area contributed by atoms with E-state index >= 15 is 0 Å². The van der Waals surface area contributed by atoms with Gasteiger partial charge in [-0.2, -0.15) is 0 Å². The molecule has 0 saturated heterocycles. The first-order chi connectivity index (χ1) is 7.59. The van der Waals surface area contributed by atoms with E-state index in [0.29, 0.717) is 18.7 Å². The minimum absolute atomic E-state index is 0.0550. The fourth-order valence-electron chi connectivity index (χ4n) is 1.05. The van der Waals surface area contributed by atoms with Crippen LogP contribution in [0, 0.1) is 5.41 Å². The number of nitrogens with one attached hydrogen (secondary N) is 1. The van der Waals surface area contributed by atoms with Gasteiger partial charge in [0.25, 0.3) is 0 Å². The maximum Gasteiger partial charge on any atom is 0.414 e.